The van der Waals surface area contributed by atoms with Gasteiger partial charge < -0.3 is 15.4 Å². The van der Waals surface area contributed by atoms with E-state index >= 15 is 0 Å². The van der Waals surface area contributed by atoms with Gasteiger partial charge in [-0.25, -0.2) is 0 Å². The maximum Gasteiger partial charge on any atom is 0.256 e. The third kappa shape index (κ3) is 2.49. The van der Waals surface area contributed by atoms with Crippen LogP contribution in [0.5, 0.6) is 5.75 Å². The first-order valence-electron chi connectivity index (χ1n) is 6.98. The Labute approximate surface area is 128 Å². The fourth-order valence-corrected chi connectivity index (χ4v) is 3.59. The fraction of sp³-hybridized carbons (Fsp3) is 0.312. The number of hydrogen-bond donors (Lipinski definition) is 1. The van der Waals surface area contributed by atoms with Crippen molar-refractivity contribution in [3.8, 4) is 5.75 Å². The topological polar surface area (TPSA) is 55.6 Å². The van der Waals surface area contributed by atoms with Crippen LogP contribution in [0.4, 0.5) is 5.69 Å². The number of para-hydroxylation sites is 1. The van der Waals surface area contributed by atoms with E-state index < -0.39 is 0 Å². The summed E-state index contributed by atoms with van der Waals surface area (Å²) in [6.07, 6.45) is 2.03. The number of ether oxygens (including phenoxy) is 1. The summed E-state index contributed by atoms with van der Waals surface area (Å²) in [5.41, 5.74) is 8.21. The molecule has 1 atom stereocenters. The Hall–Kier alpha value is -2.01. The average molecular weight is 302 g/mol. The third-order valence-electron chi connectivity index (χ3n) is 3.96. The Bertz CT molecular complexity index is 640. The van der Waals surface area contributed by atoms with Gasteiger partial charge in [-0.05, 0) is 47.4 Å². The van der Waals surface area contributed by atoms with Crippen LogP contribution in [0.2, 0.25) is 0 Å². The lowest BCUT2D eigenvalue weighted by atomic mass is 10.1. The molecule has 3 rings (SSSR count). The van der Waals surface area contributed by atoms with Crippen LogP contribution in [0.1, 0.15) is 34.8 Å². The highest BCUT2D eigenvalue weighted by molar-refractivity contribution is 7.08. The van der Waals surface area contributed by atoms with Crippen molar-refractivity contribution in [2.75, 3.05) is 19.4 Å². The summed E-state index contributed by atoms with van der Waals surface area (Å²) in [7, 11) is 1.56. The fourth-order valence-electron chi connectivity index (χ4n) is 2.88. The van der Waals surface area contributed by atoms with Crippen molar-refractivity contribution in [2.24, 2.45) is 0 Å². The Kier molecular flexibility index (Phi) is 3.84. The van der Waals surface area contributed by atoms with Gasteiger partial charge in [0.15, 0.2) is 0 Å². The molecule has 21 heavy (non-hydrogen) atoms. The van der Waals surface area contributed by atoms with E-state index in [1.807, 2.05) is 4.90 Å². The molecule has 1 amide bonds. The number of anilines is 1. The summed E-state index contributed by atoms with van der Waals surface area (Å²) in [6, 6.07) is 7.60. The molecule has 0 saturated carbocycles. The second-order valence-corrected chi connectivity index (χ2v) is 5.91. The number of rotatable bonds is 3. The first kappa shape index (κ1) is 13.9. The third-order valence-corrected chi connectivity index (χ3v) is 4.66. The van der Waals surface area contributed by atoms with E-state index in [4.69, 9.17) is 10.5 Å². The van der Waals surface area contributed by atoms with Gasteiger partial charge in [-0.3, -0.25) is 4.79 Å². The predicted octanol–water partition coefficient (Wildman–Crippen LogP) is 3.32. The molecule has 0 aliphatic carbocycles. The standard InChI is InChI=1S/C16H18N2O2S/c1-20-14-6-2-4-12(15(14)17)16(19)18-8-3-5-13(18)11-7-9-21-10-11/h2,4,6-7,9-10,13H,3,5,8,17H2,1H3. The van der Waals surface area contributed by atoms with Gasteiger partial charge in [-0.2, -0.15) is 11.3 Å². The first-order valence-corrected chi connectivity index (χ1v) is 7.92. The summed E-state index contributed by atoms with van der Waals surface area (Å²) in [5.74, 6) is 0.534. The molecule has 1 aliphatic rings. The van der Waals surface area contributed by atoms with Gasteiger partial charge in [0.05, 0.1) is 24.4 Å². The molecule has 0 spiro atoms. The Morgan fingerprint density at radius 2 is 2.29 bits per heavy atom. The van der Waals surface area contributed by atoms with Crippen LogP contribution in [0.15, 0.2) is 35.0 Å². The number of nitrogens with two attached hydrogens (primary N) is 1. The predicted molar refractivity (Wildman–Crippen MR) is 84.7 cm³/mol. The molecule has 5 heteroatoms. The molecule has 0 bridgehead atoms. The molecular weight excluding hydrogens is 284 g/mol. The molecule has 1 fully saturated rings. The summed E-state index contributed by atoms with van der Waals surface area (Å²) in [6.45, 7) is 0.774. The Balaban J connectivity index is 1.91. The minimum absolute atomic E-state index is 0.0138. The highest BCUT2D eigenvalue weighted by Gasteiger charge is 2.31. The second-order valence-electron chi connectivity index (χ2n) is 5.13. The monoisotopic (exact) mass is 302 g/mol. The molecule has 1 saturated heterocycles. The summed E-state index contributed by atoms with van der Waals surface area (Å²) in [4.78, 5) is 14.8. The highest BCUT2D eigenvalue weighted by Crippen LogP contribution is 2.36. The van der Waals surface area contributed by atoms with Crippen molar-refractivity contribution in [3.63, 3.8) is 0 Å². The van der Waals surface area contributed by atoms with Crippen LogP contribution in [0.3, 0.4) is 0 Å². The molecule has 1 unspecified atom stereocenters. The molecule has 0 radical (unpaired) electrons. The number of carbonyl (C=O) groups excluding carboxylic acids is 1. The minimum Gasteiger partial charge on any atom is -0.495 e. The van der Waals surface area contributed by atoms with Crippen molar-refractivity contribution in [1.29, 1.82) is 0 Å². The van der Waals surface area contributed by atoms with Crippen molar-refractivity contribution >= 4 is 22.9 Å². The Morgan fingerprint density at radius 1 is 1.43 bits per heavy atom. The number of hydrogen-bond acceptors (Lipinski definition) is 4. The summed E-state index contributed by atoms with van der Waals surface area (Å²) >= 11 is 1.66. The second kappa shape index (κ2) is 5.77. The minimum atomic E-state index is -0.0138. The number of benzene rings is 1. The van der Waals surface area contributed by atoms with Crippen molar-refractivity contribution < 1.29 is 9.53 Å². The van der Waals surface area contributed by atoms with Gasteiger partial charge >= 0.3 is 0 Å². The largest absolute Gasteiger partial charge is 0.495 e. The van der Waals surface area contributed by atoms with Gasteiger partial charge in [-0.1, -0.05) is 6.07 Å². The molecule has 2 N–H and O–H groups in total. The van der Waals surface area contributed by atoms with Crippen molar-refractivity contribution in [3.05, 3.63) is 46.2 Å². The van der Waals surface area contributed by atoms with Crippen LogP contribution >= 0.6 is 11.3 Å². The van der Waals surface area contributed by atoms with Gasteiger partial charge in [0.1, 0.15) is 5.75 Å². The molecule has 1 aliphatic heterocycles. The number of nitrogens with zero attached hydrogens (tertiary/aromatic N) is 1. The number of methoxy groups -OCH3 is 1. The summed E-state index contributed by atoms with van der Waals surface area (Å²) in [5, 5.41) is 4.17. The quantitative estimate of drug-likeness (QED) is 0.885. The lowest BCUT2D eigenvalue weighted by Crippen LogP contribution is -2.31. The average Bonchev–Trinajstić information content (AvgIpc) is 3.17. The SMILES string of the molecule is COc1cccc(C(=O)N2CCCC2c2ccsc2)c1N. The van der Waals surface area contributed by atoms with Crippen molar-refractivity contribution in [2.45, 2.75) is 18.9 Å². The first-order chi connectivity index (χ1) is 10.2. The van der Waals surface area contributed by atoms with E-state index in [2.05, 4.69) is 16.8 Å². The van der Waals surface area contributed by atoms with E-state index in [1.54, 1.807) is 36.6 Å². The molecule has 2 aromatic rings. The van der Waals surface area contributed by atoms with Crippen molar-refractivity contribution in [1.82, 2.24) is 4.90 Å². The zero-order chi connectivity index (χ0) is 14.8. The zero-order valence-corrected chi connectivity index (χ0v) is 12.7. The lowest BCUT2D eigenvalue weighted by molar-refractivity contribution is 0.0736. The van der Waals surface area contributed by atoms with E-state index in [0.717, 1.165) is 19.4 Å². The van der Waals surface area contributed by atoms with E-state index in [-0.39, 0.29) is 11.9 Å². The summed E-state index contributed by atoms with van der Waals surface area (Å²) < 4.78 is 5.20. The van der Waals surface area contributed by atoms with Gasteiger partial charge in [0.2, 0.25) is 0 Å². The van der Waals surface area contributed by atoms with Crippen LogP contribution in [-0.4, -0.2) is 24.5 Å². The molecular formula is C16H18N2O2S. The molecule has 4 nitrogen and oxygen atoms in total. The maximum absolute atomic E-state index is 12.8. The lowest BCUT2D eigenvalue weighted by Gasteiger charge is -2.25. The molecule has 2 heterocycles. The number of carbonyl (C=O) groups is 1. The number of nitrogen functional groups attached to an aromatic ring is 1. The molecule has 1 aromatic heterocycles. The molecule has 110 valence electrons. The van der Waals surface area contributed by atoms with E-state index in [0.29, 0.717) is 17.0 Å². The van der Waals surface area contributed by atoms with Gasteiger partial charge in [-0.15, -0.1) is 0 Å². The van der Waals surface area contributed by atoms with Crippen LogP contribution in [0, 0.1) is 0 Å². The van der Waals surface area contributed by atoms with Crippen LogP contribution in [-0.2, 0) is 0 Å². The van der Waals surface area contributed by atoms with E-state index in [9.17, 15) is 4.79 Å². The van der Waals surface area contributed by atoms with Gasteiger partial charge in [0.25, 0.3) is 5.91 Å². The number of likely N-dealkylation sites (tertiary alicyclic amines) is 1. The van der Waals surface area contributed by atoms with Gasteiger partial charge in [0, 0.05) is 6.54 Å². The Morgan fingerprint density at radius 3 is 3.00 bits per heavy atom. The van der Waals surface area contributed by atoms with Crippen LogP contribution < -0.4 is 10.5 Å². The zero-order valence-electron chi connectivity index (χ0n) is 11.9. The highest BCUT2D eigenvalue weighted by atomic mass is 32.1. The van der Waals surface area contributed by atoms with E-state index in [1.165, 1.54) is 5.56 Å². The normalized spacial score (nSPS) is 18.0. The maximum atomic E-state index is 12.8. The smallest absolute Gasteiger partial charge is 0.256 e. The number of amides is 1. The number of thiophene rings is 1. The molecule has 1 aromatic carbocycles. The van der Waals surface area contributed by atoms with Crippen LogP contribution in [0.25, 0.3) is 0 Å².